The number of benzene rings is 1. The number of pyridine rings is 1. The zero-order valence-electron chi connectivity index (χ0n) is 9.69. The van der Waals surface area contributed by atoms with Crippen molar-refractivity contribution in [3.05, 3.63) is 46.2 Å². The molecule has 2 aromatic rings. The van der Waals surface area contributed by atoms with Gasteiger partial charge in [-0.2, -0.15) is 0 Å². The van der Waals surface area contributed by atoms with Gasteiger partial charge in [-0.3, -0.25) is 9.59 Å². The summed E-state index contributed by atoms with van der Waals surface area (Å²) in [5, 5.41) is 0.866. The minimum atomic E-state index is -0.452. The van der Waals surface area contributed by atoms with Crippen molar-refractivity contribution in [2.45, 2.75) is 12.8 Å². The van der Waals surface area contributed by atoms with Crippen molar-refractivity contribution in [2.24, 2.45) is 0 Å². The number of fused-ring (bicyclic) bond motifs is 1. The number of aromatic amines is 1. The number of carbonyl (C=O) groups excluding carboxylic acids is 1. The molecule has 0 saturated carbocycles. The number of H-pyrrole nitrogens is 1. The van der Waals surface area contributed by atoms with Gasteiger partial charge in [0.25, 0.3) is 0 Å². The molecule has 1 atom stereocenters. The van der Waals surface area contributed by atoms with Crippen LogP contribution < -0.4 is 5.56 Å². The van der Waals surface area contributed by atoms with E-state index < -0.39 is 5.92 Å². The van der Waals surface area contributed by atoms with E-state index in [-0.39, 0.29) is 11.5 Å². The fourth-order valence-electron chi connectivity index (χ4n) is 1.89. The van der Waals surface area contributed by atoms with Crippen molar-refractivity contribution < 1.29 is 9.53 Å². The minimum absolute atomic E-state index is 0.213. The number of ether oxygens (including phenoxy) is 1. The molecule has 4 heteroatoms. The maximum absolute atomic E-state index is 11.5. The summed E-state index contributed by atoms with van der Waals surface area (Å²) in [5.41, 5.74) is 1.21. The van der Waals surface area contributed by atoms with Gasteiger partial charge in [0, 0.05) is 17.0 Å². The van der Waals surface area contributed by atoms with Crippen LogP contribution in [-0.2, 0) is 9.53 Å². The molecule has 0 saturated heterocycles. The van der Waals surface area contributed by atoms with Crippen LogP contribution >= 0.6 is 0 Å². The van der Waals surface area contributed by atoms with Crippen LogP contribution in [0.5, 0.6) is 0 Å². The SMILES string of the molecule is COC(=O)C(C)c1cc(=O)[nH]c2ccccc12. The number of methoxy groups -OCH3 is 1. The van der Waals surface area contributed by atoms with Gasteiger partial charge in [-0.15, -0.1) is 0 Å². The Kier molecular flexibility index (Phi) is 2.95. The van der Waals surface area contributed by atoms with Crippen molar-refractivity contribution in [3.8, 4) is 0 Å². The average molecular weight is 231 g/mol. The summed E-state index contributed by atoms with van der Waals surface area (Å²) in [6.07, 6.45) is 0. The van der Waals surface area contributed by atoms with Crippen LogP contribution in [0.25, 0.3) is 10.9 Å². The lowest BCUT2D eigenvalue weighted by atomic mass is 9.97. The normalized spacial score (nSPS) is 12.4. The topological polar surface area (TPSA) is 59.2 Å². The molecule has 17 heavy (non-hydrogen) atoms. The van der Waals surface area contributed by atoms with Gasteiger partial charge in [0.1, 0.15) is 0 Å². The van der Waals surface area contributed by atoms with Gasteiger partial charge >= 0.3 is 5.97 Å². The monoisotopic (exact) mass is 231 g/mol. The summed E-state index contributed by atoms with van der Waals surface area (Å²) in [6.45, 7) is 1.73. The molecule has 4 nitrogen and oxygen atoms in total. The van der Waals surface area contributed by atoms with E-state index >= 15 is 0 Å². The molecule has 0 aliphatic rings. The number of aromatic nitrogens is 1. The molecule has 0 aliphatic carbocycles. The summed E-state index contributed by atoms with van der Waals surface area (Å²) in [5.74, 6) is -0.798. The van der Waals surface area contributed by atoms with Gasteiger partial charge in [0.05, 0.1) is 13.0 Å². The minimum Gasteiger partial charge on any atom is -0.469 e. The van der Waals surface area contributed by atoms with E-state index in [1.807, 2.05) is 24.3 Å². The smallest absolute Gasteiger partial charge is 0.312 e. The molecule has 0 bridgehead atoms. The van der Waals surface area contributed by atoms with Crippen LogP contribution in [0.3, 0.4) is 0 Å². The average Bonchev–Trinajstić information content (AvgIpc) is 2.35. The van der Waals surface area contributed by atoms with E-state index in [0.29, 0.717) is 5.56 Å². The molecule has 1 unspecified atom stereocenters. The Bertz CT molecular complexity index is 615. The van der Waals surface area contributed by atoms with Gasteiger partial charge in [-0.25, -0.2) is 0 Å². The predicted molar refractivity (Wildman–Crippen MR) is 65.0 cm³/mol. The van der Waals surface area contributed by atoms with Crippen LogP contribution in [0.4, 0.5) is 0 Å². The van der Waals surface area contributed by atoms with Crippen LogP contribution in [0.15, 0.2) is 35.1 Å². The van der Waals surface area contributed by atoms with Gasteiger partial charge in [0.2, 0.25) is 5.56 Å². The summed E-state index contributed by atoms with van der Waals surface area (Å²) in [7, 11) is 1.34. The van der Waals surface area contributed by atoms with Crippen LogP contribution in [-0.4, -0.2) is 18.1 Å². The number of esters is 1. The molecule has 0 amide bonds. The van der Waals surface area contributed by atoms with Crippen LogP contribution in [0.2, 0.25) is 0 Å². The third-order valence-corrected chi connectivity index (χ3v) is 2.80. The lowest BCUT2D eigenvalue weighted by Gasteiger charge is -2.11. The second-order valence-corrected chi connectivity index (χ2v) is 3.88. The van der Waals surface area contributed by atoms with Crippen molar-refractivity contribution >= 4 is 16.9 Å². The van der Waals surface area contributed by atoms with E-state index in [1.165, 1.54) is 13.2 Å². The molecule has 2 rings (SSSR count). The first-order chi connectivity index (χ1) is 8.13. The molecule has 88 valence electrons. The second kappa shape index (κ2) is 4.41. The molecule has 1 aromatic heterocycles. The summed E-state index contributed by atoms with van der Waals surface area (Å²) in [6, 6.07) is 8.84. The Balaban J connectivity index is 2.68. The van der Waals surface area contributed by atoms with Gasteiger partial charge in [0.15, 0.2) is 0 Å². The van der Waals surface area contributed by atoms with Crippen molar-refractivity contribution in [3.63, 3.8) is 0 Å². The summed E-state index contributed by atoms with van der Waals surface area (Å²) < 4.78 is 4.70. The van der Waals surface area contributed by atoms with Crippen LogP contribution in [0, 0.1) is 0 Å². The fraction of sp³-hybridized carbons (Fsp3) is 0.231. The number of para-hydroxylation sites is 1. The van der Waals surface area contributed by atoms with E-state index in [0.717, 1.165) is 10.9 Å². The molecular formula is C13H13NO3. The highest BCUT2D eigenvalue weighted by molar-refractivity contribution is 5.88. The Hall–Kier alpha value is -2.10. The Morgan fingerprint density at radius 3 is 2.76 bits per heavy atom. The zero-order valence-corrected chi connectivity index (χ0v) is 9.69. The molecule has 1 aromatic carbocycles. The highest BCUT2D eigenvalue weighted by Crippen LogP contribution is 2.23. The number of nitrogens with one attached hydrogen (secondary N) is 1. The molecule has 0 radical (unpaired) electrons. The number of carbonyl (C=O) groups is 1. The van der Waals surface area contributed by atoms with Crippen molar-refractivity contribution in [1.29, 1.82) is 0 Å². The molecule has 1 heterocycles. The third-order valence-electron chi connectivity index (χ3n) is 2.80. The standard InChI is InChI=1S/C13H13NO3/c1-8(13(16)17-2)10-7-12(15)14-11-6-4-3-5-9(10)11/h3-8H,1-2H3,(H,14,15). The second-order valence-electron chi connectivity index (χ2n) is 3.88. The Labute approximate surface area is 98.2 Å². The van der Waals surface area contributed by atoms with Gasteiger partial charge in [-0.1, -0.05) is 18.2 Å². The first kappa shape index (κ1) is 11.4. The van der Waals surface area contributed by atoms with Gasteiger partial charge in [-0.05, 0) is 18.6 Å². The number of rotatable bonds is 2. The first-order valence-electron chi connectivity index (χ1n) is 5.33. The summed E-state index contributed by atoms with van der Waals surface area (Å²) >= 11 is 0. The molecule has 1 N–H and O–H groups in total. The molecular weight excluding hydrogens is 218 g/mol. The highest BCUT2D eigenvalue weighted by atomic mass is 16.5. The molecule has 0 spiro atoms. The summed E-state index contributed by atoms with van der Waals surface area (Å²) in [4.78, 5) is 25.8. The van der Waals surface area contributed by atoms with Crippen molar-refractivity contribution in [2.75, 3.05) is 7.11 Å². The van der Waals surface area contributed by atoms with Gasteiger partial charge < -0.3 is 9.72 Å². The largest absolute Gasteiger partial charge is 0.469 e. The molecule has 0 aliphatic heterocycles. The predicted octanol–water partition coefficient (Wildman–Crippen LogP) is 1.80. The highest BCUT2D eigenvalue weighted by Gasteiger charge is 2.18. The maximum atomic E-state index is 11.5. The van der Waals surface area contributed by atoms with E-state index in [9.17, 15) is 9.59 Å². The van der Waals surface area contributed by atoms with E-state index in [1.54, 1.807) is 6.92 Å². The Morgan fingerprint density at radius 2 is 2.06 bits per heavy atom. The lowest BCUT2D eigenvalue weighted by Crippen LogP contribution is -2.15. The maximum Gasteiger partial charge on any atom is 0.312 e. The number of hydrogen-bond acceptors (Lipinski definition) is 3. The van der Waals surface area contributed by atoms with Crippen LogP contribution in [0.1, 0.15) is 18.4 Å². The fourth-order valence-corrected chi connectivity index (χ4v) is 1.89. The number of hydrogen-bond donors (Lipinski definition) is 1. The molecule has 0 fully saturated rings. The van der Waals surface area contributed by atoms with E-state index in [2.05, 4.69) is 4.98 Å². The zero-order chi connectivity index (χ0) is 12.4. The Morgan fingerprint density at radius 1 is 1.35 bits per heavy atom. The first-order valence-corrected chi connectivity index (χ1v) is 5.33. The van der Waals surface area contributed by atoms with E-state index in [4.69, 9.17) is 4.74 Å². The lowest BCUT2D eigenvalue weighted by molar-refractivity contribution is -0.141. The third kappa shape index (κ3) is 2.06. The van der Waals surface area contributed by atoms with Crippen molar-refractivity contribution in [1.82, 2.24) is 4.98 Å². The quantitative estimate of drug-likeness (QED) is 0.802.